The highest BCUT2D eigenvalue weighted by molar-refractivity contribution is 9.10. The Morgan fingerprint density at radius 3 is 2.56 bits per heavy atom. The van der Waals surface area contributed by atoms with E-state index in [1.165, 1.54) is 29.7 Å². The third-order valence-corrected chi connectivity index (χ3v) is 6.32. The Morgan fingerprint density at radius 2 is 1.93 bits per heavy atom. The van der Waals surface area contributed by atoms with E-state index in [9.17, 15) is 0 Å². The quantitative estimate of drug-likeness (QED) is 0.708. The molecule has 146 valence electrons. The molecule has 2 N–H and O–H groups in total. The first-order valence-electron chi connectivity index (χ1n) is 9.94. The Kier molecular flexibility index (Phi) is 7.27. The number of hydrogen-bond donors (Lipinski definition) is 1. The molecular weight excluding hydrogens is 400 g/mol. The minimum Gasteiger partial charge on any atom is -0.364 e. The average molecular weight is 431 g/mol. The molecular formula is C22H31BrN4. The number of nitrogens with two attached hydrogens (primary N) is 1. The maximum absolute atomic E-state index is 5.76. The molecule has 1 aliphatic rings. The molecule has 1 unspecified atom stereocenters. The number of pyridine rings is 1. The third kappa shape index (κ3) is 5.31. The van der Waals surface area contributed by atoms with Crippen LogP contribution in [0.25, 0.3) is 0 Å². The lowest BCUT2D eigenvalue weighted by atomic mass is 9.99. The van der Waals surface area contributed by atoms with Crippen LogP contribution in [0.4, 0.5) is 5.69 Å². The molecule has 0 amide bonds. The number of aryl methyl sites for hydroxylation is 1. The zero-order valence-electron chi connectivity index (χ0n) is 16.4. The van der Waals surface area contributed by atoms with Crippen LogP contribution in [-0.2, 0) is 6.54 Å². The zero-order valence-corrected chi connectivity index (χ0v) is 18.0. The van der Waals surface area contributed by atoms with Gasteiger partial charge in [0, 0.05) is 54.3 Å². The highest BCUT2D eigenvalue weighted by atomic mass is 79.9. The molecule has 27 heavy (non-hydrogen) atoms. The van der Waals surface area contributed by atoms with Crippen LogP contribution < -0.4 is 10.6 Å². The first-order chi connectivity index (χ1) is 13.1. The Bertz CT molecular complexity index is 711. The SMILES string of the molecule is Cc1ccncc1CN(c1ccc(Br)cc1)C1CCN(C(C)CCN)CC1. The Labute approximate surface area is 171 Å². The van der Waals surface area contributed by atoms with Crippen molar-refractivity contribution in [3.8, 4) is 0 Å². The lowest BCUT2D eigenvalue weighted by molar-refractivity contribution is 0.154. The average Bonchev–Trinajstić information content (AvgIpc) is 2.69. The van der Waals surface area contributed by atoms with Gasteiger partial charge in [0.1, 0.15) is 0 Å². The summed E-state index contributed by atoms with van der Waals surface area (Å²) in [5.74, 6) is 0. The molecule has 0 saturated carbocycles. The molecule has 0 aliphatic carbocycles. The van der Waals surface area contributed by atoms with Crippen molar-refractivity contribution < 1.29 is 0 Å². The van der Waals surface area contributed by atoms with Crippen LogP contribution in [0.2, 0.25) is 0 Å². The number of likely N-dealkylation sites (tertiary alicyclic amines) is 1. The second kappa shape index (κ2) is 9.67. The minimum absolute atomic E-state index is 0.548. The highest BCUT2D eigenvalue weighted by Crippen LogP contribution is 2.28. The fourth-order valence-electron chi connectivity index (χ4n) is 3.97. The Morgan fingerprint density at radius 1 is 1.22 bits per heavy atom. The summed E-state index contributed by atoms with van der Waals surface area (Å²) in [4.78, 5) is 9.52. The standard InChI is InChI=1S/C22H31BrN4/c1-17-8-12-25-15-19(17)16-27(21-5-3-20(23)4-6-21)22-9-13-26(14-10-22)18(2)7-11-24/h3-6,8,12,15,18,22H,7,9-11,13-14,16,24H2,1-2H3. The van der Waals surface area contributed by atoms with Crippen LogP contribution >= 0.6 is 15.9 Å². The number of rotatable bonds is 7. The van der Waals surface area contributed by atoms with Crippen LogP contribution in [0.15, 0.2) is 47.2 Å². The molecule has 0 spiro atoms. The maximum Gasteiger partial charge on any atom is 0.0450 e. The summed E-state index contributed by atoms with van der Waals surface area (Å²) in [5.41, 5.74) is 9.65. The van der Waals surface area contributed by atoms with E-state index >= 15 is 0 Å². The second-order valence-corrected chi connectivity index (χ2v) is 8.52. The molecule has 5 heteroatoms. The van der Waals surface area contributed by atoms with Gasteiger partial charge in [0.15, 0.2) is 0 Å². The monoisotopic (exact) mass is 430 g/mol. The van der Waals surface area contributed by atoms with E-state index in [-0.39, 0.29) is 0 Å². The van der Waals surface area contributed by atoms with Gasteiger partial charge in [-0.05, 0) is 81.1 Å². The van der Waals surface area contributed by atoms with Gasteiger partial charge in [0.2, 0.25) is 0 Å². The predicted octanol–water partition coefficient (Wildman–Crippen LogP) is 4.36. The molecule has 1 aromatic carbocycles. The van der Waals surface area contributed by atoms with Crippen molar-refractivity contribution in [2.45, 2.75) is 51.7 Å². The summed E-state index contributed by atoms with van der Waals surface area (Å²) in [6, 6.07) is 11.9. The minimum atomic E-state index is 0.548. The number of benzene rings is 1. The zero-order chi connectivity index (χ0) is 19.2. The molecule has 1 aliphatic heterocycles. The molecule has 1 aromatic heterocycles. The Hall–Kier alpha value is -1.43. The number of anilines is 1. The molecule has 1 fully saturated rings. The molecule has 2 heterocycles. The molecule has 1 atom stereocenters. The van der Waals surface area contributed by atoms with E-state index in [2.05, 4.69) is 74.9 Å². The molecule has 0 radical (unpaired) electrons. The maximum atomic E-state index is 5.76. The second-order valence-electron chi connectivity index (χ2n) is 7.60. The third-order valence-electron chi connectivity index (χ3n) is 5.79. The van der Waals surface area contributed by atoms with E-state index in [0.29, 0.717) is 12.1 Å². The van der Waals surface area contributed by atoms with Gasteiger partial charge < -0.3 is 15.5 Å². The highest BCUT2D eigenvalue weighted by Gasteiger charge is 2.27. The van der Waals surface area contributed by atoms with Crippen molar-refractivity contribution in [3.05, 3.63) is 58.3 Å². The van der Waals surface area contributed by atoms with Gasteiger partial charge in [-0.1, -0.05) is 15.9 Å². The molecule has 2 aromatic rings. The van der Waals surface area contributed by atoms with Gasteiger partial charge in [-0.25, -0.2) is 0 Å². The van der Waals surface area contributed by atoms with Gasteiger partial charge in [-0.3, -0.25) is 4.98 Å². The molecule has 0 bridgehead atoms. The smallest absolute Gasteiger partial charge is 0.0450 e. The van der Waals surface area contributed by atoms with Gasteiger partial charge in [-0.15, -0.1) is 0 Å². The number of nitrogens with zero attached hydrogens (tertiary/aromatic N) is 3. The predicted molar refractivity (Wildman–Crippen MR) is 117 cm³/mol. The number of piperidine rings is 1. The summed E-state index contributed by atoms with van der Waals surface area (Å²) >= 11 is 3.56. The summed E-state index contributed by atoms with van der Waals surface area (Å²) in [6.45, 7) is 8.44. The fraction of sp³-hybridized carbons (Fsp3) is 0.500. The largest absolute Gasteiger partial charge is 0.364 e. The van der Waals surface area contributed by atoms with Crippen LogP contribution in [0, 0.1) is 6.92 Å². The Balaban J connectivity index is 1.76. The topological polar surface area (TPSA) is 45.4 Å². The van der Waals surface area contributed by atoms with Crippen molar-refractivity contribution in [2.24, 2.45) is 5.73 Å². The lowest BCUT2D eigenvalue weighted by Gasteiger charge is -2.42. The van der Waals surface area contributed by atoms with Crippen LogP contribution in [0.3, 0.4) is 0 Å². The summed E-state index contributed by atoms with van der Waals surface area (Å²) in [7, 11) is 0. The first-order valence-corrected chi connectivity index (χ1v) is 10.7. The van der Waals surface area contributed by atoms with E-state index in [0.717, 1.165) is 37.1 Å². The fourth-order valence-corrected chi connectivity index (χ4v) is 4.24. The van der Waals surface area contributed by atoms with E-state index < -0.39 is 0 Å². The summed E-state index contributed by atoms with van der Waals surface area (Å²) in [6.07, 6.45) is 7.34. The van der Waals surface area contributed by atoms with Crippen LogP contribution in [-0.4, -0.2) is 41.6 Å². The summed E-state index contributed by atoms with van der Waals surface area (Å²) < 4.78 is 1.12. The van der Waals surface area contributed by atoms with E-state index in [1.54, 1.807) is 0 Å². The van der Waals surface area contributed by atoms with Crippen molar-refractivity contribution in [1.29, 1.82) is 0 Å². The molecule has 1 saturated heterocycles. The van der Waals surface area contributed by atoms with E-state index in [1.807, 2.05) is 12.4 Å². The van der Waals surface area contributed by atoms with E-state index in [4.69, 9.17) is 5.73 Å². The van der Waals surface area contributed by atoms with Crippen molar-refractivity contribution in [1.82, 2.24) is 9.88 Å². The van der Waals surface area contributed by atoms with Crippen LogP contribution in [0.1, 0.15) is 37.3 Å². The molecule has 4 nitrogen and oxygen atoms in total. The van der Waals surface area contributed by atoms with Crippen LogP contribution in [0.5, 0.6) is 0 Å². The normalized spacial score (nSPS) is 17.0. The number of aromatic nitrogens is 1. The first kappa shape index (κ1) is 20.3. The van der Waals surface area contributed by atoms with Crippen molar-refractivity contribution in [2.75, 3.05) is 24.5 Å². The van der Waals surface area contributed by atoms with Gasteiger partial charge >= 0.3 is 0 Å². The van der Waals surface area contributed by atoms with Gasteiger partial charge in [0.25, 0.3) is 0 Å². The lowest BCUT2D eigenvalue weighted by Crippen LogP contribution is -2.47. The number of hydrogen-bond acceptors (Lipinski definition) is 4. The summed E-state index contributed by atoms with van der Waals surface area (Å²) in [5, 5.41) is 0. The van der Waals surface area contributed by atoms with Gasteiger partial charge in [-0.2, -0.15) is 0 Å². The van der Waals surface area contributed by atoms with Gasteiger partial charge in [0.05, 0.1) is 0 Å². The number of halogens is 1. The molecule has 3 rings (SSSR count). The van der Waals surface area contributed by atoms with Crippen molar-refractivity contribution >= 4 is 21.6 Å². The van der Waals surface area contributed by atoms with Crippen molar-refractivity contribution in [3.63, 3.8) is 0 Å².